The predicted molar refractivity (Wildman–Crippen MR) is 163 cm³/mol. The van der Waals surface area contributed by atoms with Crippen molar-refractivity contribution in [3.8, 4) is 5.75 Å². The zero-order valence-corrected chi connectivity index (χ0v) is 25.3. The monoisotopic (exact) mass is 575 g/mol. The highest BCUT2D eigenvalue weighted by Gasteiger charge is 2.38. The van der Waals surface area contributed by atoms with Crippen LogP contribution < -0.4 is 14.4 Å². The Balaban J connectivity index is 1.33. The number of carbonyl (C=O) groups excluding carboxylic acids is 1. The minimum atomic E-state index is -3.94. The topological polar surface area (TPSA) is 79.0 Å². The van der Waals surface area contributed by atoms with Crippen LogP contribution in [0.5, 0.6) is 5.75 Å². The van der Waals surface area contributed by atoms with Gasteiger partial charge in [0.25, 0.3) is 15.9 Å². The number of nitrogens with one attached hydrogen (secondary N) is 1. The molecule has 1 atom stereocenters. The first kappa shape index (κ1) is 29.1. The summed E-state index contributed by atoms with van der Waals surface area (Å²) in [5.41, 5.74) is 4.46. The Labute approximate surface area is 244 Å². The van der Waals surface area contributed by atoms with Crippen LogP contribution >= 0.6 is 0 Å². The minimum Gasteiger partial charge on any atom is -0.476 e. The molecule has 2 aliphatic heterocycles. The first-order chi connectivity index (χ1) is 19.5. The first-order valence-electron chi connectivity index (χ1n) is 14.5. The maximum absolute atomic E-state index is 13.9. The molecular weight excluding hydrogens is 534 g/mol. The largest absolute Gasteiger partial charge is 0.476 e. The van der Waals surface area contributed by atoms with Crippen LogP contribution in [0.1, 0.15) is 62.3 Å². The molecule has 1 amide bonds. The van der Waals surface area contributed by atoms with Crippen LogP contribution in [0.3, 0.4) is 0 Å². The highest BCUT2D eigenvalue weighted by atomic mass is 32.2. The summed E-state index contributed by atoms with van der Waals surface area (Å²) in [4.78, 5) is 16.0. The van der Waals surface area contributed by atoms with E-state index in [-0.39, 0.29) is 22.8 Å². The lowest BCUT2D eigenvalue weighted by Gasteiger charge is -2.36. The van der Waals surface area contributed by atoms with Crippen molar-refractivity contribution in [3.63, 3.8) is 0 Å². The summed E-state index contributed by atoms with van der Waals surface area (Å²) in [6.45, 7) is 11.6. The number of fused-ring (bicyclic) bond motifs is 1. The van der Waals surface area contributed by atoms with E-state index in [4.69, 9.17) is 4.74 Å². The number of benzene rings is 3. The Morgan fingerprint density at radius 2 is 1.59 bits per heavy atom. The Bertz CT molecular complexity index is 1470. The molecule has 1 saturated heterocycles. The van der Waals surface area contributed by atoms with Crippen LogP contribution in [-0.2, 0) is 33.3 Å². The van der Waals surface area contributed by atoms with Gasteiger partial charge in [-0.15, -0.1) is 0 Å². The lowest BCUT2D eigenvalue weighted by molar-refractivity contribution is -0.127. The smallest absolute Gasteiger partial charge is 0.264 e. The predicted octanol–water partition coefficient (Wildman–Crippen LogP) is 5.55. The highest BCUT2D eigenvalue weighted by Crippen LogP contribution is 2.40. The molecule has 2 aliphatic rings. The van der Waals surface area contributed by atoms with Gasteiger partial charge in [0.05, 0.1) is 17.1 Å². The van der Waals surface area contributed by atoms with E-state index in [2.05, 4.69) is 43.1 Å². The van der Waals surface area contributed by atoms with E-state index in [9.17, 15) is 13.2 Å². The van der Waals surface area contributed by atoms with Crippen molar-refractivity contribution in [2.45, 2.75) is 76.5 Å². The Hall–Kier alpha value is -3.36. The van der Waals surface area contributed by atoms with Crippen molar-refractivity contribution in [3.05, 3.63) is 89.0 Å². The Morgan fingerprint density at radius 3 is 2.24 bits per heavy atom. The number of carbonyl (C=O) groups is 1. The van der Waals surface area contributed by atoms with E-state index in [0.717, 1.165) is 36.3 Å². The van der Waals surface area contributed by atoms with Gasteiger partial charge in [0, 0.05) is 13.1 Å². The van der Waals surface area contributed by atoms with E-state index in [0.29, 0.717) is 18.0 Å². The number of piperidine rings is 1. The average molecular weight is 576 g/mol. The zero-order valence-electron chi connectivity index (χ0n) is 24.5. The van der Waals surface area contributed by atoms with Gasteiger partial charge in [0.2, 0.25) is 0 Å². The molecule has 8 heteroatoms. The molecule has 3 aromatic rings. The number of aryl methyl sites for hydroxylation is 1. The summed E-state index contributed by atoms with van der Waals surface area (Å²) in [7, 11) is -3.94. The summed E-state index contributed by atoms with van der Waals surface area (Å²) in [6, 6.07) is 20.7. The van der Waals surface area contributed by atoms with E-state index >= 15 is 0 Å². The van der Waals surface area contributed by atoms with Crippen molar-refractivity contribution < 1.29 is 17.9 Å². The Morgan fingerprint density at radius 1 is 0.927 bits per heavy atom. The number of ether oxygens (including phenoxy) is 1. The number of hydrogen-bond donors (Lipinski definition) is 1. The van der Waals surface area contributed by atoms with Gasteiger partial charge in [-0.3, -0.25) is 14.0 Å². The highest BCUT2D eigenvalue weighted by molar-refractivity contribution is 7.92. The van der Waals surface area contributed by atoms with Crippen LogP contribution in [0.4, 0.5) is 5.69 Å². The summed E-state index contributed by atoms with van der Waals surface area (Å²) in [5.74, 6) is 0.0270. The molecule has 218 valence electrons. The SMILES string of the molecule is Cc1ccc(S(=O)(=O)N2CC(C(=O)NCc3ccc(CN4CCCCC4)cc3)Oc3ccc(C(C)(C)C)cc32)cc1. The fourth-order valence-corrected chi connectivity index (χ4v) is 6.83. The van der Waals surface area contributed by atoms with Crippen LogP contribution in [0.15, 0.2) is 71.6 Å². The van der Waals surface area contributed by atoms with Crippen molar-refractivity contribution in [1.29, 1.82) is 0 Å². The molecule has 41 heavy (non-hydrogen) atoms. The van der Waals surface area contributed by atoms with Gasteiger partial charge < -0.3 is 10.1 Å². The Kier molecular flexibility index (Phi) is 8.43. The van der Waals surface area contributed by atoms with Crippen molar-refractivity contribution in [2.24, 2.45) is 0 Å². The van der Waals surface area contributed by atoms with Crippen LogP contribution in [0.2, 0.25) is 0 Å². The standard InChI is InChI=1S/C33H41N3O4S/c1-24-8-15-28(16-9-24)41(38,39)36-23-31(40-30-17-14-27(20-29(30)36)33(2,3)4)32(37)34-21-25-10-12-26(13-11-25)22-35-18-6-5-7-19-35/h8-17,20,31H,5-7,18-19,21-23H2,1-4H3,(H,34,37). The van der Waals surface area contributed by atoms with Gasteiger partial charge in [-0.25, -0.2) is 8.42 Å². The molecule has 3 aromatic carbocycles. The number of anilines is 1. The molecule has 7 nitrogen and oxygen atoms in total. The number of likely N-dealkylation sites (tertiary alicyclic amines) is 1. The zero-order chi connectivity index (χ0) is 29.2. The third kappa shape index (κ3) is 6.76. The lowest BCUT2D eigenvalue weighted by atomic mass is 9.86. The minimum absolute atomic E-state index is 0.114. The lowest BCUT2D eigenvalue weighted by Crippen LogP contribution is -2.50. The van der Waals surface area contributed by atoms with Crippen molar-refractivity contribution in [1.82, 2.24) is 10.2 Å². The molecule has 0 spiro atoms. The molecule has 0 saturated carbocycles. The van der Waals surface area contributed by atoms with E-state index < -0.39 is 16.1 Å². The molecule has 0 aromatic heterocycles. The average Bonchev–Trinajstić information content (AvgIpc) is 2.96. The van der Waals surface area contributed by atoms with Gasteiger partial charge >= 0.3 is 0 Å². The first-order valence-corrected chi connectivity index (χ1v) is 15.9. The van der Waals surface area contributed by atoms with Gasteiger partial charge in [-0.05, 0) is 79.2 Å². The third-order valence-electron chi connectivity index (χ3n) is 7.94. The van der Waals surface area contributed by atoms with E-state index in [1.807, 2.05) is 31.2 Å². The number of sulfonamides is 1. The van der Waals surface area contributed by atoms with Crippen LogP contribution in [0.25, 0.3) is 0 Å². The molecule has 0 bridgehead atoms. The second-order valence-corrected chi connectivity index (χ2v) is 14.1. The fourth-order valence-electron chi connectivity index (χ4n) is 5.36. The van der Waals surface area contributed by atoms with Gasteiger partial charge in [-0.2, -0.15) is 0 Å². The van der Waals surface area contributed by atoms with Gasteiger partial charge in [-0.1, -0.05) is 75.2 Å². The fraction of sp³-hybridized carbons (Fsp3) is 0.424. The third-order valence-corrected chi connectivity index (χ3v) is 9.73. The van der Waals surface area contributed by atoms with Gasteiger partial charge in [0.1, 0.15) is 5.75 Å². The second kappa shape index (κ2) is 11.9. The van der Waals surface area contributed by atoms with E-state index in [1.54, 1.807) is 30.3 Å². The number of amides is 1. The molecule has 5 rings (SSSR count). The van der Waals surface area contributed by atoms with E-state index in [1.165, 1.54) is 29.1 Å². The molecule has 0 aliphatic carbocycles. The summed E-state index contributed by atoms with van der Waals surface area (Å²) >= 11 is 0. The number of hydrogen-bond acceptors (Lipinski definition) is 5. The second-order valence-electron chi connectivity index (χ2n) is 12.3. The molecule has 0 radical (unpaired) electrons. The van der Waals surface area contributed by atoms with Crippen molar-refractivity contribution in [2.75, 3.05) is 23.9 Å². The maximum atomic E-state index is 13.9. The number of rotatable bonds is 7. The summed E-state index contributed by atoms with van der Waals surface area (Å²) in [5, 5.41) is 2.96. The maximum Gasteiger partial charge on any atom is 0.264 e. The molecule has 1 fully saturated rings. The molecular formula is C33H41N3O4S. The van der Waals surface area contributed by atoms with Crippen LogP contribution in [-0.4, -0.2) is 45.0 Å². The number of nitrogens with zero attached hydrogens (tertiary/aromatic N) is 2. The molecule has 1 N–H and O–H groups in total. The summed E-state index contributed by atoms with van der Waals surface area (Å²) in [6.07, 6.45) is 2.86. The molecule has 1 unspecified atom stereocenters. The quantitative estimate of drug-likeness (QED) is 0.400. The summed E-state index contributed by atoms with van der Waals surface area (Å²) < 4.78 is 35.2. The van der Waals surface area contributed by atoms with Crippen molar-refractivity contribution >= 4 is 21.6 Å². The normalized spacial score (nSPS) is 18.0. The van der Waals surface area contributed by atoms with Gasteiger partial charge in [0.15, 0.2) is 6.10 Å². The molecule has 2 heterocycles. The van der Waals surface area contributed by atoms with Crippen LogP contribution in [0, 0.1) is 6.92 Å².